The lowest BCUT2D eigenvalue weighted by atomic mass is 10.5. The Hall–Kier alpha value is -0.330. The number of ether oxygens (including phenoxy) is 1. The van der Waals surface area contributed by atoms with Crippen LogP contribution in [0.15, 0.2) is 10.9 Å². The summed E-state index contributed by atoms with van der Waals surface area (Å²) in [5.74, 6) is 1.07. The Bertz CT molecular complexity index is 360. The molecule has 0 radical (unpaired) electrons. The monoisotopic (exact) mass is 308 g/mol. The van der Waals surface area contributed by atoms with Gasteiger partial charge in [-0.3, -0.25) is 9.36 Å². The number of carbonyl (C=O) groups excluding carboxylic acids is 1. The zero-order valence-electron chi connectivity index (χ0n) is 9.77. The standard InChI is InChI=1S/C10H17BrN2O2S/c1-16(2,3)5-4-15-8-13-9(7-14)6-12-10(13)11/h6-7H,4-5,8H2,1-3H3. The summed E-state index contributed by atoms with van der Waals surface area (Å²) in [7, 11) is -0.522. The van der Waals surface area contributed by atoms with E-state index >= 15 is 0 Å². The molecule has 0 aliphatic heterocycles. The van der Waals surface area contributed by atoms with Crippen molar-refractivity contribution in [3.8, 4) is 0 Å². The Kier molecular flexibility index (Phi) is 5.01. The van der Waals surface area contributed by atoms with Crippen LogP contribution in [0.2, 0.25) is 0 Å². The smallest absolute Gasteiger partial charge is 0.179 e. The summed E-state index contributed by atoms with van der Waals surface area (Å²) in [6.07, 6.45) is 9.05. The first-order valence-corrected chi connectivity index (χ1v) is 8.66. The molecule has 1 rings (SSSR count). The third-order valence-electron chi connectivity index (χ3n) is 2.02. The summed E-state index contributed by atoms with van der Waals surface area (Å²) >= 11 is 3.27. The van der Waals surface area contributed by atoms with E-state index in [1.54, 1.807) is 4.57 Å². The second-order valence-electron chi connectivity index (χ2n) is 4.33. The number of hydrogen-bond donors (Lipinski definition) is 0. The van der Waals surface area contributed by atoms with Crippen LogP contribution in [-0.2, 0) is 11.5 Å². The van der Waals surface area contributed by atoms with E-state index in [0.29, 0.717) is 23.8 Å². The van der Waals surface area contributed by atoms with Crippen LogP contribution in [0, 0.1) is 0 Å². The van der Waals surface area contributed by atoms with E-state index in [1.165, 1.54) is 6.20 Å². The molecule has 0 fully saturated rings. The van der Waals surface area contributed by atoms with E-state index in [9.17, 15) is 4.79 Å². The van der Waals surface area contributed by atoms with Crippen molar-refractivity contribution >= 4 is 32.2 Å². The minimum atomic E-state index is -0.522. The topological polar surface area (TPSA) is 44.1 Å². The number of aromatic nitrogens is 2. The predicted octanol–water partition coefficient (Wildman–Crippen LogP) is 2.13. The van der Waals surface area contributed by atoms with Crippen molar-refractivity contribution in [2.24, 2.45) is 0 Å². The Morgan fingerprint density at radius 1 is 1.56 bits per heavy atom. The van der Waals surface area contributed by atoms with E-state index in [2.05, 4.69) is 39.7 Å². The number of aldehydes is 1. The maximum Gasteiger partial charge on any atom is 0.179 e. The number of halogens is 1. The summed E-state index contributed by atoms with van der Waals surface area (Å²) < 4.78 is 7.85. The maximum absolute atomic E-state index is 10.7. The van der Waals surface area contributed by atoms with Crippen LogP contribution in [0.5, 0.6) is 0 Å². The molecular weight excluding hydrogens is 292 g/mol. The molecule has 92 valence electrons. The van der Waals surface area contributed by atoms with Gasteiger partial charge in [0.15, 0.2) is 11.0 Å². The van der Waals surface area contributed by atoms with E-state index < -0.39 is 10.0 Å². The van der Waals surface area contributed by atoms with Crippen molar-refractivity contribution < 1.29 is 9.53 Å². The van der Waals surface area contributed by atoms with Gasteiger partial charge in [0.25, 0.3) is 0 Å². The molecule has 0 aliphatic rings. The Morgan fingerprint density at radius 3 is 2.81 bits per heavy atom. The van der Waals surface area contributed by atoms with Crippen LogP contribution < -0.4 is 0 Å². The van der Waals surface area contributed by atoms with E-state index in [1.807, 2.05) is 0 Å². The van der Waals surface area contributed by atoms with Gasteiger partial charge in [-0.1, -0.05) is 0 Å². The van der Waals surface area contributed by atoms with Gasteiger partial charge in [-0.25, -0.2) is 15.0 Å². The number of imidazole rings is 1. The Balaban J connectivity index is 2.43. The third kappa shape index (κ3) is 4.27. The van der Waals surface area contributed by atoms with E-state index in [4.69, 9.17) is 4.74 Å². The third-order valence-corrected chi connectivity index (χ3v) is 4.04. The minimum absolute atomic E-state index is 0.365. The second-order valence-corrected chi connectivity index (χ2v) is 9.63. The highest BCUT2D eigenvalue weighted by atomic mass is 79.9. The quantitative estimate of drug-likeness (QED) is 0.597. The fourth-order valence-electron chi connectivity index (χ4n) is 1.05. The zero-order chi connectivity index (χ0) is 12.2. The molecule has 16 heavy (non-hydrogen) atoms. The van der Waals surface area contributed by atoms with Crippen LogP contribution in [-0.4, -0.2) is 47.0 Å². The molecule has 4 nitrogen and oxygen atoms in total. The molecule has 6 heteroatoms. The molecule has 0 saturated carbocycles. The summed E-state index contributed by atoms with van der Waals surface area (Å²) in [5.41, 5.74) is 0.523. The van der Waals surface area contributed by atoms with Crippen LogP contribution in [0.1, 0.15) is 10.5 Å². The van der Waals surface area contributed by atoms with Gasteiger partial charge in [0, 0.05) is 5.75 Å². The average molecular weight is 309 g/mol. The van der Waals surface area contributed by atoms with Crippen LogP contribution >= 0.6 is 26.0 Å². The molecule has 1 aromatic rings. The van der Waals surface area contributed by atoms with Gasteiger partial charge < -0.3 is 4.74 Å². The molecule has 0 spiro atoms. The largest absolute Gasteiger partial charge is 0.360 e. The number of nitrogens with zero attached hydrogens (tertiary/aromatic N) is 2. The number of carbonyl (C=O) groups is 1. The fourth-order valence-corrected chi connectivity index (χ4v) is 2.08. The average Bonchev–Trinajstić information content (AvgIpc) is 2.53. The van der Waals surface area contributed by atoms with Crippen molar-refractivity contribution in [2.45, 2.75) is 6.73 Å². The van der Waals surface area contributed by atoms with Crippen molar-refractivity contribution in [3.05, 3.63) is 16.6 Å². The SMILES string of the molecule is CS(C)(C)CCOCn1c(C=O)cnc1Br. The summed E-state index contributed by atoms with van der Waals surface area (Å²) in [6.45, 7) is 1.08. The van der Waals surface area contributed by atoms with Crippen molar-refractivity contribution in [1.29, 1.82) is 0 Å². The van der Waals surface area contributed by atoms with Gasteiger partial charge in [0.2, 0.25) is 0 Å². The molecule has 0 unspecified atom stereocenters. The lowest BCUT2D eigenvalue weighted by molar-refractivity contribution is 0.0842. The molecule has 0 amide bonds. The lowest BCUT2D eigenvalue weighted by Gasteiger charge is -2.24. The Labute approximate surface area is 106 Å². The highest BCUT2D eigenvalue weighted by Gasteiger charge is 2.07. The van der Waals surface area contributed by atoms with Gasteiger partial charge in [-0.15, -0.1) is 0 Å². The van der Waals surface area contributed by atoms with Gasteiger partial charge in [0.05, 0.1) is 12.8 Å². The number of hydrogen-bond acceptors (Lipinski definition) is 3. The summed E-state index contributed by atoms with van der Waals surface area (Å²) in [6, 6.07) is 0. The van der Waals surface area contributed by atoms with Gasteiger partial charge in [-0.05, 0) is 34.7 Å². The van der Waals surface area contributed by atoms with E-state index in [0.717, 1.165) is 12.0 Å². The first-order chi connectivity index (χ1) is 7.44. The van der Waals surface area contributed by atoms with Gasteiger partial charge >= 0.3 is 0 Å². The van der Waals surface area contributed by atoms with Crippen molar-refractivity contribution in [1.82, 2.24) is 9.55 Å². The molecule has 1 aromatic heterocycles. The predicted molar refractivity (Wildman–Crippen MR) is 71.5 cm³/mol. The minimum Gasteiger partial charge on any atom is -0.360 e. The maximum atomic E-state index is 10.7. The van der Waals surface area contributed by atoms with Crippen molar-refractivity contribution in [3.63, 3.8) is 0 Å². The molecule has 0 bridgehead atoms. The highest BCUT2D eigenvalue weighted by molar-refractivity contribution is 9.10. The molecule has 0 atom stereocenters. The highest BCUT2D eigenvalue weighted by Crippen LogP contribution is 2.33. The molecule has 1 heterocycles. The molecule has 0 N–H and O–H groups in total. The number of rotatable bonds is 6. The van der Waals surface area contributed by atoms with Crippen LogP contribution in [0.3, 0.4) is 0 Å². The fraction of sp³-hybridized carbons (Fsp3) is 0.600. The van der Waals surface area contributed by atoms with Crippen molar-refractivity contribution in [2.75, 3.05) is 31.1 Å². The normalized spacial score (nSPS) is 12.8. The molecule has 0 saturated heterocycles. The first kappa shape index (κ1) is 13.7. The zero-order valence-corrected chi connectivity index (χ0v) is 12.2. The lowest BCUT2D eigenvalue weighted by Crippen LogP contribution is -2.11. The van der Waals surface area contributed by atoms with Gasteiger partial charge in [0.1, 0.15) is 12.4 Å². The second kappa shape index (κ2) is 5.84. The van der Waals surface area contributed by atoms with Gasteiger partial charge in [-0.2, -0.15) is 0 Å². The molecule has 0 aromatic carbocycles. The van der Waals surface area contributed by atoms with Crippen LogP contribution in [0.25, 0.3) is 0 Å². The van der Waals surface area contributed by atoms with E-state index in [-0.39, 0.29) is 0 Å². The molecular formula is C10H17BrN2O2S. The first-order valence-electron chi connectivity index (χ1n) is 4.84. The summed E-state index contributed by atoms with van der Waals surface area (Å²) in [5, 5.41) is 0. The van der Waals surface area contributed by atoms with Crippen LogP contribution in [0.4, 0.5) is 0 Å². The molecule has 0 aliphatic carbocycles. The summed E-state index contributed by atoms with van der Waals surface area (Å²) in [4.78, 5) is 14.7. The Morgan fingerprint density at radius 2 is 2.25 bits per heavy atom.